The Kier molecular flexibility index (Phi) is 2.55. The van der Waals surface area contributed by atoms with E-state index in [9.17, 15) is 4.39 Å². The summed E-state index contributed by atoms with van der Waals surface area (Å²) < 4.78 is 18.7. The molecular weight excluding hydrogens is 179 g/mol. The summed E-state index contributed by atoms with van der Waals surface area (Å²) in [5.74, 6) is -0.164. The van der Waals surface area contributed by atoms with Crippen LogP contribution in [0.5, 0.6) is 0 Å². The van der Waals surface area contributed by atoms with Crippen LogP contribution >= 0.6 is 0 Å². The Labute approximate surface area is 83.9 Å². The minimum Gasteiger partial charge on any atom is -0.371 e. The van der Waals surface area contributed by atoms with Gasteiger partial charge in [-0.15, -0.1) is 0 Å². The van der Waals surface area contributed by atoms with Crippen LogP contribution in [0.25, 0.3) is 0 Å². The quantitative estimate of drug-likeness (QED) is 0.702. The molecule has 1 unspecified atom stereocenters. The predicted octanol–water partition coefficient (Wildman–Crippen LogP) is 3.24. The van der Waals surface area contributed by atoms with Crippen LogP contribution in [0.3, 0.4) is 0 Å². The number of fused-ring (bicyclic) bond motifs is 1. The van der Waals surface area contributed by atoms with Crippen molar-refractivity contribution in [2.75, 3.05) is 0 Å². The topological polar surface area (TPSA) is 9.23 Å². The van der Waals surface area contributed by atoms with Crippen molar-refractivity contribution in [1.29, 1.82) is 0 Å². The van der Waals surface area contributed by atoms with E-state index in [-0.39, 0.29) is 18.0 Å². The fourth-order valence-corrected chi connectivity index (χ4v) is 2.01. The average molecular weight is 194 g/mol. The van der Waals surface area contributed by atoms with E-state index in [1.807, 2.05) is 19.9 Å². The third-order valence-corrected chi connectivity index (χ3v) is 2.57. The van der Waals surface area contributed by atoms with E-state index in [2.05, 4.69) is 0 Å². The molecule has 1 atom stereocenters. The molecule has 1 aliphatic rings. The van der Waals surface area contributed by atoms with E-state index in [4.69, 9.17) is 4.74 Å². The molecule has 0 spiro atoms. The summed E-state index contributed by atoms with van der Waals surface area (Å²) >= 11 is 0. The summed E-state index contributed by atoms with van der Waals surface area (Å²) in [5.41, 5.74) is 2.27. The second kappa shape index (κ2) is 3.70. The molecule has 76 valence electrons. The lowest BCUT2D eigenvalue weighted by atomic mass is 10.1. The largest absolute Gasteiger partial charge is 0.371 e. The average Bonchev–Trinajstić information content (AvgIpc) is 2.47. The minimum absolute atomic E-state index is 0.0979. The molecular formula is C12H15FO. The van der Waals surface area contributed by atoms with Crippen LogP contribution in [0, 0.1) is 5.82 Å². The fourth-order valence-electron chi connectivity index (χ4n) is 2.01. The van der Waals surface area contributed by atoms with Gasteiger partial charge in [-0.1, -0.05) is 6.07 Å². The minimum atomic E-state index is -0.164. The van der Waals surface area contributed by atoms with E-state index in [1.54, 1.807) is 6.07 Å². The fraction of sp³-hybridized carbons (Fsp3) is 0.500. The third-order valence-electron chi connectivity index (χ3n) is 2.57. The molecule has 14 heavy (non-hydrogen) atoms. The lowest BCUT2D eigenvalue weighted by molar-refractivity contribution is 0.00777. The van der Waals surface area contributed by atoms with Crippen LogP contribution in [0.4, 0.5) is 4.39 Å². The van der Waals surface area contributed by atoms with Crippen molar-refractivity contribution in [2.45, 2.75) is 38.9 Å². The molecule has 0 heterocycles. The Bertz CT molecular complexity index is 333. The molecule has 1 aliphatic carbocycles. The predicted molar refractivity (Wildman–Crippen MR) is 53.7 cm³/mol. The van der Waals surface area contributed by atoms with Gasteiger partial charge in [0.25, 0.3) is 0 Å². The summed E-state index contributed by atoms with van der Waals surface area (Å²) in [5, 5.41) is 0. The van der Waals surface area contributed by atoms with Gasteiger partial charge in [-0.05, 0) is 49.9 Å². The monoisotopic (exact) mass is 194 g/mol. The Morgan fingerprint density at radius 1 is 1.43 bits per heavy atom. The summed E-state index contributed by atoms with van der Waals surface area (Å²) in [4.78, 5) is 0. The lowest BCUT2D eigenvalue weighted by Crippen LogP contribution is -2.07. The first-order chi connectivity index (χ1) is 6.66. The molecule has 0 saturated heterocycles. The van der Waals surface area contributed by atoms with Crippen molar-refractivity contribution in [2.24, 2.45) is 0 Å². The highest BCUT2D eigenvalue weighted by Gasteiger charge is 2.24. The van der Waals surface area contributed by atoms with Crippen LogP contribution in [0.1, 0.15) is 37.5 Å². The Morgan fingerprint density at radius 2 is 2.21 bits per heavy atom. The zero-order valence-electron chi connectivity index (χ0n) is 8.59. The zero-order chi connectivity index (χ0) is 10.1. The van der Waals surface area contributed by atoms with Crippen LogP contribution < -0.4 is 0 Å². The number of halogens is 1. The van der Waals surface area contributed by atoms with Gasteiger partial charge in [0.2, 0.25) is 0 Å². The van der Waals surface area contributed by atoms with Gasteiger partial charge < -0.3 is 4.74 Å². The van der Waals surface area contributed by atoms with Crippen molar-refractivity contribution < 1.29 is 9.13 Å². The van der Waals surface area contributed by atoms with Gasteiger partial charge in [0.15, 0.2) is 0 Å². The summed E-state index contributed by atoms with van der Waals surface area (Å²) in [7, 11) is 0. The van der Waals surface area contributed by atoms with E-state index in [0.717, 1.165) is 18.4 Å². The highest BCUT2D eigenvalue weighted by Crippen LogP contribution is 2.34. The molecule has 0 saturated carbocycles. The highest BCUT2D eigenvalue weighted by molar-refractivity contribution is 5.34. The van der Waals surface area contributed by atoms with Crippen LogP contribution in [-0.2, 0) is 11.2 Å². The van der Waals surface area contributed by atoms with Gasteiger partial charge in [-0.3, -0.25) is 0 Å². The van der Waals surface area contributed by atoms with E-state index >= 15 is 0 Å². The van der Waals surface area contributed by atoms with Gasteiger partial charge in [-0.25, -0.2) is 4.39 Å². The Morgan fingerprint density at radius 3 is 2.93 bits per heavy atom. The second-order valence-corrected chi connectivity index (χ2v) is 4.06. The Balaban J connectivity index is 2.24. The normalized spacial score (nSPS) is 20.1. The van der Waals surface area contributed by atoms with Crippen molar-refractivity contribution in [1.82, 2.24) is 0 Å². The van der Waals surface area contributed by atoms with Gasteiger partial charge in [-0.2, -0.15) is 0 Å². The molecule has 2 rings (SSSR count). The SMILES string of the molecule is CC(C)OC1CCc2ccc(F)cc21. The lowest BCUT2D eigenvalue weighted by Gasteiger charge is -2.16. The standard InChI is InChI=1S/C12H15FO/c1-8(2)14-12-6-4-9-3-5-10(13)7-11(9)12/h3,5,7-8,12H,4,6H2,1-2H3. The van der Waals surface area contributed by atoms with E-state index < -0.39 is 0 Å². The molecule has 0 bridgehead atoms. The van der Waals surface area contributed by atoms with Gasteiger partial charge >= 0.3 is 0 Å². The summed E-state index contributed by atoms with van der Waals surface area (Å²) in [6.45, 7) is 4.02. The van der Waals surface area contributed by atoms with Crippen molar-refractivity contribution >= 4 is 0 Å². The van der Waals surface area contributed by atoms with Crippen LogP contribution in [-0.4, -0.2) is 6.10 Å². The first kappa shape index (κ1) is 9.66. The van der Waals surface area contributed by atoms with Gasteiger partial charge in [0.05, 0.1) is 12.2 Å². The molecule has 2 heteroatoms. The second-order valence-electron chi connectivity index (χ2n) is 4.06. The maximum Gasteiger partial charge on any atom is 0.123 e. The first-order valence-electron chi connectivity index (χ1n) is 5.10. The molecule has 0 aromatic heterocycles. The van der Waals surface area contributed by atoms with Gasteiger partial charge in [0, 0.05) is 0 Å². The molecule has 0 fully saturated rings. The van der Waals surface area contributed by atoms with E-state index in [0.29, 0.717) is 0 Å². The number of hydrogen-bond donors (Lipinski definition) is 0. The van der Waals surface area contributed by atoms with Crippen molar-refractivity contribution in [3.05, 3.63) is 35.1 Å². The molecule has 0 aliphatic heterocycles. The zero-order valence-corrected chi connectivity index (χ0v) is 8.59. The van der Waals surface area contributed by atoms with Crippen molar-refractivity contribution in [3.8, 4) is 0 Å². The highest BCUT2D eigenvalue weighted by atomic mass is 19.1. The Hall–Kier alpha value is -0.890. The maximum atomic E-state index is 13.0. The first-order valence-corrected chi connectivity index (χ1v) is 5.10. The van der Waals surface area contributed by atoms with E-state index in [1.165, 1.54) is 11.6 Å². The summed E-state index contributed by atoms with van der Waals surface area (Å²) in [6.07, 6.45) is 2.29. The summed E-state index contributed by atoms with van der Waals surface area (Å²) in [6, 6.07) is 5.00. The molecule has 0 amide bonds. The third kappa shape index (κ3) is 1.80. The maximum absolute atomic E-state index is 13.0. The van der Waals surface area contributed by atoms with Crippen LogP contribution in [0.15, 0.2) is 18.2 Å². The van der Waals surface area contributed by atoms with Crippen LogP contribution in [0.2, 0.25) is 0 Å². The number of rotatable bonds is 2. The smallest absolute Gasteiger partial charge is 0.123 e. The van der Waals surface area contributed by atoms with Crippen molar-refractivity contribution in [3.63, 3.8) is 0 Å². The number of aryl methyl sites for hydroxylation is 1. The number of hydrogen-bond acceptors (Lipinski definition) is 1. The molecule has 1 aromatic rings. The molecule has 1 nitrogen and oxygen atoms in total. The van der Waals surface area contributed by atoms with Gasteiger partial charge in [0.1, 0.15) is 5.82 Å². The molecule has 0 radical (unpaired) electrons. The molecule has 0 N–H and O–H groups in total. The number of ether oxygens (including phenoxy) is 1. The molecule has 1 aromatic carbocycles. The number of benzene rings is 1.